The van der Waals surface area contributed by atoms with Gasteiger partial charge in [-0.25, -0.2) is 14.8 Å². The standard InChI is InChI=1S/C26H26N4O5/c1-33-19-12-10-17(11-13-19)20-21-24(28-14-6-3-7-15-34-26(32)23(27)31)29-16-30-25(21)35-22(20)18-8-4-2-5-9-18/h2,4-5,8-13,16H,3,6-7,14-15H2,1H3,(H2,27,31)(H,28,29,30). The molecule has 35 heavy (non-hydrogen) atoms. The van der Waals surface area contributed by atoms with Crippen LogP contribution in [-0.4, -0.2) is 42.1 Å². The number of rotatable bonds is 10. The minimum absolute atomic E-state index is 0.156. The predicted octanol–water partition coefficient (Wildman–Crippen LogP) is 4.18. The Balaban J connectivity index is 1.56. The van der Waals surface area contributed by atoms with E-state index >= 15 is 0 Å². The summed E-state index contributed by atoms with van der Waals surface area (Å²) in [6.45, 7) is 0.799. The number of nitrogens with two attached hydrogens (primary N) is 1. The number of ether oxygens (including phenoxy) is 2. The molecule has 0 aliphatic heterocycles. The first kappa shape index (κ1) is 23.7. The number of unbranched alkanes of at least 4 members (excludes halogenated alkanes) is 2. The number of carbonyl (C=O) groups is 2. The molecule has 0 spiro atoms. The topological polar surface area (TPSA) is 130 Å². The smallest absolute Gasteiger partial charge is 0.396 e. The molecule has 9 heteroatoms. The van der Waals surface area contributed by atoms with Gasteiger partial charge >= 0.3 is 11.9 Å². The van der Waals surface area contributed by atoms with Crippen molar-refractivity contribution in [1.82, 2.24) is 9.97 Å². The lowest BCUT2D eigenvalue weighted by atomic mass is 9.99. The lowest BCUT2D eigenvalue weighted by Gasteiger charge is -2.09. The molecule has 0 atom stereocenters. The van der Waals surface area contributed by atoms with E-state index in [9.17, 15) is 9.59 Å². The lowest BCUT2D eigenvalue weighted by molar-refractivity contribution is -0.153. The molecule has 0 aliphatic rings. The summed E-state index contributed by atoms with van der Waals surface area (Å²) in [5, 5.41) is 4.18. The highest BCUT2D eigenvalue weighted by Gasteiger charge is 2.22. The maximum absolute atomic E-state index is 11.1. The van der Waals surface area contributed by atoms with Gasteiger partial charge in [-0.05, 0) is 37.0 Å². The third-order valence-electron chi connectivity index (χ3n) is 5.45. The second kappa shape index (κ2) is 11.1. The number of primary amides is 1. The van der Waals surface area contributed by atoms with Gasteiger partial charge in [-0.3, -0.25) is 4.79 Å². The molecule has 4 aromatic rings. The van der Waals surface area contributed by atoms with Gasteiger partial charge in [-0.1, -0.05) is 42.5 Å². The first-order chi connectivity index (χ1) is 17.1. The summed E-state index contributed by atoms with van der Waals surface area (Å²) >= 11 is 0. The van der Waals surface area contributed by atoms with Crippen LogP contribution in [0.3, 0.4) is 0 Å². The minimum Gasteiger partial charge on any atom is -0.497 e. The summed E-state index contributed by atoms with van der Waals surface area (Å²) in [4.78, 5) is 30.6. The van der Waals surface area contributed by atoms with Gasteiger partial charge in [0.1, 0.15) is 23.7 Å². The second-order valence-electron chi connectivity index (χ2n) is 7.79. The van der Waals surface area contributed by atoms with Crippen molar-refractivity contribution in [1.29, 1.82) is 0 Å². The van der Waals surface area contributed by atoms with Crippen LogP contribution in [0.2, 0.25) is 0 Å². The van der Waals surface area contributed by atoms with E-state index < -0.39 is 11.9 Å². The number of amides is 1. The average Bonchev–Trinajstić information content (AvgIpc) is 3.29. The molecule has 0 saturated carbocycles. The summed E-state index contributed by atoms with van der Waals surface area (Å²) in [5.41, 5.74) is 8.15. The number of hydrogen-bond acceptors (Lipinski definition) is 8. The maximum atomic E-state index is 11.1. The molecule has 0 radical (unpaired) electrons. The highest BCUT2D eigenvalue weighted by molar-refractivity contribution is 6.31. The van der Waals surface area contributed by atoms with Gasteiger partial charge in [0.15, 0.2) is 0 Å². The van der Waals surface area contributed by atoms with Crippen molar-refractivity contribution in [3.63, 3.8) is 0 Å². The monoisotopic (exact) mass is 474 g/mol. The third kappa shape index (κ3) is 5.57. The third-order valence-corrected chi connectivity index (χ3v) is 5.45. The molecule has 2 aromatic heterocycles. The second-order valence-corrected chi connectivity index (χ2v) is 7.79. The van der Waals surface area contributed by atoms with Gasteiger partial charge in [-0.15, -0.1) is 0 Å². The van der Waals surface area contributed by atoms with Crippen molar-refractivity contribution in [3.05, 3.63) is 60.9 Å². The molecular weight excluding hydrogens is 448 g/mol. The van der Waals surface area contributed by atoms with Crippen LogP contribution in [0, 0.1) is 0 Å². The molecule has 4 rings (SSSR count). The molecule has 2 heterocycles. The molecular formula is C26H26N4O5. The lowest BCUT2D eigenvalue weighted by Crippen LogP contribution is -2.25. The van der Waals surface area contributed by atoms with Crippen LogP contribution in [-0.2, 0) is 14.3 Å². The number of aromatic nitrogens is 2. The van der Waals surface area contributed by atoms with Gasteiger partial charge in [0.2, 0.25) is 5.71 Å². The van der Waals surface area contributed by atoms with Gasteiger partial charge < -0.3 is 24.9 Å². The Kier molecular flexibility index (Phi) is 7.57. The van der Waals surface area contributed by atoms with Crippen LogP contribution in [0.25, 0.3) is 33.6 Å². The van der Waals surface area contributed by atoms with Crippen LogP contribution in [0.1, 0.15) is 19.3 Å². The van der Waals surface area contributed by atoms with Gasteiger partial charge in [0.25, 0.3) is 0 Å². The number of esters is 1. The number of furan rings is 1. The predicted molar refractivity (Wildman–Crippen MR) is 132 cm³/mol. The Bertz CT molecular complexity index is 1300. The number of carbonyl (C=O) groups excluding carboxylic acids is 2. The molecule has 3 N–H and O–H groups in total. The van der Waals surface area contributed by atoms with Crippen molar-refractivity contribution in [3.8, 4) is 28.2 Å². The zero-order chi connectivity index (χ0) is 24.6. The van der Waals surface area contributed by atoms with E-state index in [1.165, 1.54) is 6.33 Å². The molecule has 0 unspecified atom stereocenters. The number of methoxy groups -OCH3 is 1. The Morgan fingerprint density at radius 3 is 2.46 bits per heavy atom. The molecule has 180 valence electrons. The molecule has 1 amide bonds. The van der Waals surface area contributed by atoms with Gasteiger partial charge in [-0.2, -0.15) is 0 Å². The van der Waals surface area contributed by atoms with E-state index in [2.05, 4.69) is 15.3 Å². The van der Waals surface area contributed by atoms with Crippen molar-refractivity contribution < 1.29 is 23.5 Å². The van der Waals surface area contributed by atoms with E-state index in [4.69, 9.17) is 19.6 Å². The largest absolute Gasteiger partial charge is 0.497 e. The van der Waals surface area contributed by atoms with E-state index in [0.29, 0.717) is 30.3 Å². The van der Waals surface area contributed by atoms with Crippen molar-refractivity contribution in [2.45, 2.75) is 19.3 Å². The number of nitrogens with zero attached hydrogens (tertiary/aromatic N) is 2. The quantitative estimate of drug-likeness (QED) is 0.199. The van der Waals surface area contributed by atoms with Crippen LogP contribution in [0.4, 0.5) is 5.82 Å². The normalized spacial score (nSPS) is 10.8. The number of benzene rings is 2. The molecule has 0 saturated heterocycles. The Morgan fingerprint density at radius 1 is 0.971 bits per heavy atom. The highest BCUT2D eigenvalue weighted by Crippen LogP contribution is 2.42. The number of anilines is 1. The first-order valence-corrected chi connectivity index (χ1v) is 11.3. The highest BCUT2D eigenvalue weighted by atomic mass is 16.5. The van der Waals surface area contributed by atoms with Crippen LogP contribution in [0.5, 0.6) is 5.75 Å². The summed E-state index contributed by atoms with van der Waals surface area (Å²) in [7, 11) is 1.63. The molecule has 0 fully saturated rings. The van der Waals surface area contributed by atoms with Crippen molar-refractivity contribution >= 4 is 28.8 Å². The minimum atomic E-state index is -1.08. The summed E-state index contributed by atoms with van der Waals surface area (Å²) in [6.07, 6.45) is 3.70. The molecule has 0 bridgehead atoms. The fourth-order valence-electron chi connectivity index (χ4n) is 3.74. The van der Waals surface area contributed by atoms with E-state index in [0.717, 1.165) is 40.7 Å². The fraction of sp³-hybridized carbons (Fsp3) is 0.231. The first-order valence-electron chi connectivity index (χ1n) is 11.3. The van der Waals surface area contributed by atoms with Crippen molar-refractivity contribution in [2.24, 2.45) is 5.73 Å². The van der Waals surface area contributed by atoms with Crippen LogP contribution < -0.4 is 15.8 Å². The van der Waals surface area contributed by atoms with Gasteiger partial charge in [0.05, 0.1) is 19.1 Å². The Hall–Kier alpha value is -4.40. The van der Waals surface area contributed by atoms with E-state index in [1.54, 1.807) is 7.11 Å². The van der Waals surface area contributed by atoms with E-state index in [1.807, 2.05) is 54.6 Å². The Labute approximate surface area is 202 Å². The maximum Gasteiger partial charge on any atom is 0.396 e. The summed E-state index contributed by atoms with van der Waals surface area (Å²) in [5.74, 6) is 0.0604. The molecule has 2 aromatic carbocycles. The number of fused-ring (bicyclic) bond motifs is 1. The number of nitrogens with one attached hydrogen (secondary N) is 1. The molecule has 9 nitrogen and oxygen atoms in total. The Morgan fingerprint density at radius 2 is 1.74 bits per heavy atom. The SMILES string of the molecule is COc1ccc(-c2c(-c3ccccc3)oc3ncnc(NCCCCCOC(=O)C(N)=O)c23)cc1. The zero-order valence-corrected chi connectivity index (χ0v) is 19.3. The molecule has 0 aliphatic carbocycles. The van der Waals surface area contributed by atoms with Crippen molar-refractivity contribution in [2.75, 3.05) is 25.6 Å². The van der Waals surface area contributed by atoms with E-state index in [-0.39, 0.29) is 6.61 Å². The number of hydrogen-bond donors (Lipinski definition) is 2. The zero-order valence-electron chi connectivity index (χ0n) is 19.3. The van der Waals surface area contributed by atoms with Crippen LogP contribution in [0.15, 0.2) is 65.3 Å². The average molecular weight is 475 g/mol. The fourth-order valence-corrected chi connectivity index (χ4v) is 3.74. The van der Waals surface area contributed by atoms with Gasteiger partial charge in [0, 0.05) is 17.7 Å². The summed E-state index contributed by atoms with van der Waals surface area (Å²) in [6, 6.07) is 17.7. The van der Waals surface area contributed by atoms with Crippen LogP contribution >= 0.6 is 0 Å². The summed E-state index contributed by atoms with van der Waals surface area (Å²) < 4.78 is 16.3.